The summed E-state index contributed by atoms with van der Waals surface area (Å²) in [5.41, 5.74) is 1.25. The van der Waals surface area contributed by atoms with E-state index in [2.05, 4.69) is 9.97 Å². The molecule has 0 saturated carbocycles. The molecule has 86 valence electrons. The van der Waals surface area contributed by atoms with Crippen LogP contribution >= 0.6 is 0 Å². The molecule has 2 aromatic rings. The summed E-state index contributed by atoms with van der Waals surface area (Å²) in [5.74, 6) is 0.457. The highest BCUT2D eigenvalue weighted by atomic mass is 16.2. The molecule has 1 heterocycles. The molecular weight excluding hydrogens is 214 g/mol. The van der Waals surface area contributed by atoms with E-state index in [1.165, 1.54) is 0 Å². The normalized spacial score (nSPS) is 10.0. The third kappa shape index (κ3) is 2.47. The van der Waals surface area contributed by atoms with Gasteiger partial charge in [0, 0.05) is 18.9 Å². The van der Waals surface area contributed by atoms with Gasteiger partial charge < -0.3 is 4.90 Å². The van der Waals surface area contributed by atoms with Crippen LogP contribution in [0, 0.1) is 6.92 Å². The van der Waals surface area contributed by atoms with Crippen molar-refractivity contribution in [3.8, 4) is 0 Å². The highest BCUT2D eigenvalue weighted by molar-refractivity contribution is 6.04. The zero-order valence-corrected chi connectivity index (χ0v) is 9.79. The number of hydrogen-bond acceptors (Lipinski definition) is 3. The van der Waals surface area contributed by atoms with Gasteiger partial charge in [-0.3, -0.25) is 4.79 Å². The Hall–Kier alpha value is -2.23. The maximum atomic E-state index is 12.1. The molecule has 0 saturated heterocycles. The van der Waals surface area contributed by atoms with Crippen molar-refractivity contribution in [2.45, 2.75) is 6.92 Å². The lowest BCUT2D eigenvalue weighted by Crippen LogP contribution is -2.27. The van der Waals surface area contributed by atoms with Crippen LogP contribution in [0.15, 0.2) is 42.6 Å². The Kier molecular flexibility index (Phi) is 3.14. The summed E-state index contributed by atoms with van der Waals surface area (Å²) in [6.45, 7) is 1.76. The van der Waals surface area contributed by atoms with Crippen LogP contribution in [0.2, 0.25) is 0 Å². The van der Waals surface area contributed by atoms with E-state index < -0.39 is 0 Å². The summed E-state index contributed by atoms with van der Waals surface area (Å²) in [5, 5.41) is 0. The second-order valence-electron chi connectivity index (χ2n) is 3.69. The first-order valence-electron chi connectivity index (χ1n) is 5.31. The lowest BCUT2D eigenvalue weighted by molar-refractivity contribution is 0.0988. The minimum Gasteiger partial charge on any atom is -0.310 e. The van der Waals surface area contributed by atoms with Crippen molar-refractivity contribution in [1.82, 2.24) is 9.97 Å². The summed E-state index contributed by atoms with van der Waals surface area (Å²) in [6, 6.07) is 11.1. The number of aryl methyl sites for hydroxylation is 1. The maximum Gasteiger partial charge on any atom is 0.276 e. The van der Waals surface area contributed by atoms with Gasteiger partial charge >= 0.3 is 0 Å². The monoisotopic (exact) mass is 227 g/mol. The number of anilines is 1. The molecular formula is C13H13N3O. The molecule has 1 aromatic heterocycles. The van der Waals surface area contributed by atoms with Crippen molar-refractivity contribution in [2.24, 2.45) is 0 Å². The molecule has 0 aliphatic heterocycles. The number of rotatable bonds is 2. The van der Waals surface area contributed by atoms with E-state index in [1.54, 1.807) is 31.1 Å². The largest absolute Gasteiger partial charge is 0.310 e. The van der Waals surface area contributed by atoms with Crippen LogP contribution in [0.5, 0.6) is 0 Å². The van der Waals surface area contributed by atoms with Crippen molar-refractivity contribution in [2.75, 3.05) is 11.9 Å². The van der Waals surface area contributed by atoms with Gasteiger partial charge in [-0.15, -0.1) is 0 Å². The van der Waals surface area contributed by atoms with E-state index in [4.69, 9.17) is 0 Å². The summed E-state index contributed by atoms with van der Waals surface area (Å²) < 4.78 is 0. The second-order valence-corrected chi connectivity index (χ2v) is 3.69. The van der Waals surface area contributed by atoms with Crippen LogP contribution in [0.4, 0.5) is 5.69 Å². The summed E-state index contributed by atoms with van der Waals surface area (Å²) >= 11 is 0. The molecule has 2 rings (SSSR count). The standard InChI is InChI=1S/C13H13N3O/c1-10-14-9-8-12(15-10)13(17)16(2)11-6-4-3-5-7-11/h3-9H,1-2H3. The number of para-hydroxylation sites is 1. The minimum absolute atomic E-state index is 0.137. The maximum absolute atomic E-state index is 12.1. The molecule has 0 atom stereocenters. The molecule has 0 aliphatic rings. The minimum atomic E-state index is -0.137. The number of nitrogens with zero attached hydrogens (tertiary/aromatic N) is 3. The molecule has 17 heavy (non-hydrogen) atoms. The van der Waals surface area contributed by atoms with Gasteiger partial charge in [-0.25, -0.2) is 9.97 Å². The molecule has 0 bridgehead atoms. The Morgan fingerprint density at radius 3 is 2.53 bits per heavy atom. The fourth-order valence-corrected chi connectivity index (χ4v) is 1.52. The third-order valence-electron chi connectivity index (χ3n) is 2.44. The third-order valence-corrected chi connectivity index (χ3v) is 2.44. The topological polar surface area (TPSA) is 46.1 Å². The van der Waals surface area contributed by atoms with Crippen molar-refractivity contribution in [1.29, 1.82) is 0 Å². The summed E-state index contributed by atoms with van der Waals surface area (Å²) in [4.78, 5) is 21.8. The van der Waals surface area contributed by atoms with E-state index in [1.807, 2.05) is 30.3 Å². The average Bonchev–Trinajstić information content (AvgIpc) is 2.38. The first-order chi connectivity index (χ1) is 8.18. The van der Waals surface area contributed by atoms with Gasteiger partial charge in [-0.05, 0) is 25.1 Å². The molecule has 0 fully saturated rings. The average molecular weight is 227 g/mol. The smallest absolute Gasteiger partial charge is 0.276 e. The SMILES string of the molecule is Cc1nccc(C(=O)N(C)c2ccccc2)n1. The molecule has 1 amide bonds. The molecule has 0 N–H and O–H groups in total. The Morgan fingerprint density at radius 2 is 1.88 bits per heavy atom. The second kappa shape index (κ2) is 4.74. The van der Waals surface area contributed by atoms with Gasteiger partial charge in [0.2, 0.25) is 0 Å². The van der Waals surface area contributed by atoms with Gasteiger partial charge in [0.05, 0.1) is 0 Å². The summed E-state index contributed by atoms with van der Waals surface area (Å²) in [7, 11) is 1.73. The highest BCUT2D eigenvalue weighted by Crippen LogP contribution is 2.13. The number of carbonyl (C=O) groups excluding carboxylic acids is 1. The van der Waals surface area contributed by atoms with Crippen LogP contribution in [0.25, 0.3) is 0 Å². The Morgan fingerprint density at radius 1 is 1.18 bits per heavy atom. The van der Waals surface area contributed by atoms with Gasteiger partial charge in [-0.1, -0.05) is 18.2 Å². The fourth-order valence-electron chi connectivity index (χ4n) is 1.52. The van der Waals surface area contributed by atoms with Crippen molar-refractivity contribution in [3.05, 3.63) is 54.1 Å². The predicted octanol–water partition coefficient (Wildman–Crippen LogP) is 2.06. The van der Waals surface area contributed by atoms with Crippen LogP contribution in [0.1, 0.15) is 16.3 Å². The predicted molar refractivity (Wildman–Crippen MR) is 65.9 cm³/mol. The zero-order chi connectivity index (χ0) is 12.3. The van der Waals surface area contributed by atoms with Gasteiger partial charge in [0.1, 0.15) is 11.5 Å². The molecule has 0 aliphatic carbocycles. The fraction of sp³-hybridized carbons (Fsp3) is 0.154. The molecule has 0 spiro atoms. The molecule has 4 heteroatoms. The van der Waals surface area contributed by atoms with Crippen molar-refractivity contribution in [3.63, 3.8) is 0 Å². The lowest BCUT2D eigenvalue weighted by atomic mass is 10.2. The van der Waals surface area contributed by atoms with E-state index >= 15 is 0 Å². The molecule has 4 nitrogen and oxygen atoms in total. The van der Waals surface area contributed by atoms with Crippen LogP contribution in [-0.2, 0) is 0 Å². The quantitative estimate of drug-likeness (QED) is 0.789. The van der Waals surface area contributed by atoms with Gasteiger partial charge in [0.15, 0.2) is 0 Å². The van der Waals surface area contributed by atoms with Gasteiger partial charge in [-0.2, -0.15) is 0 Å². The summed E-state index contributed by atoms with van der Waals surface area (Å²) in [6.07, 6.45) is 1.59. The first-order valence-corrected chi connectivity index (χ1v) is 5.31. The zero-order valence-electron chi connectivity index (χ0n) is 9.79. The van der Waals surface area contributed by atoms with Crippen LogP contribution < -0.4 is 4.90 Å². The number of benzene rings is 1. The van der Waals surface area contributed by atoms with E-state index in [0.717, 1.165) is 5.69 Å². The van der Waals surface area contributed by atoms with Crippen molar-refractivity contribution < 1.29 is 4.79 Å². The van der Waals surface area contributed by atoms with Crippen LogP contribution in [0.3, 0.4) is 0 Å². The number of carbonyl (C=O) groups is 1. The van der Waals surface area contributed by atoms with E-state index in [-0.39, 0.29) is 5.91 Å². The van der Waals surface area contributed by atoms with Crippen LogP contribution in [-0.4, -0.2) is 22.9 Å². The Labute approximate surface area is 99.9 Å². The van der Waals surface area contributed by atoms with Crippen molar-refractivity contribution >= 4 is 11.6 Å². The highest BCUT2D eigenvalue weighted by Gasteiger charge is 2.14. The first kappa shape index (κ1) is 11.3. The molecule has 1 aromatic carbocycles. The lowest BCUT2D eigenvalue weighted by Gasteiger charge is -2.16. The van der Waals surface area contributed by atoms with E-state index in [0.29, 0.717) is 11.5 Å². The van der Waals surface area contributed by atoms with E-state index in [9.17, 15) is 4.79 Å². The number of aromatic nitrogens is 2. The number of amides is 1. The molecule has 0 unspecified atom stereocenters. The number of hydrogen-bond donors (Lipinski definition) is 0. The molecule has 0 radical (unpaired) electrons. The Balaban J connectivity index is 2.27. The van der Waals surface area contributed by atoms with Gasteiger partial charge in [0.25, 0.3) is 5.91 Å². The Bertz CT molecular complexity index is 525.